The number of piperidine rings is 2. The molecule has 0 aromatic carbocycles. The largest absolute Gasteiger partial charge is 0.393 e. The van der Waals surface area contributed by atoms with Gasteiger partial charge in [0.15, 0.2) is 6.33 Å². The Morgan fingerprint density at radius 3 is 2.48 bits per heavy atom. The predicted molar refractivity (Wildman–Crippen MR) is 74.2 cm³/mol. The fraction of sp³-hybridized carbons (Fsp3) is 0.846. The molecule has 3 rings (SSSR count). The molecule has 1 aromatic rings. The quantitative estimate of drug-likeness (QED) is 0.779. The molecule has 1 N–H and O–H groups in total. The van der Waals surface area contributed by atoms with Gasteiger partial charge in [0.05, 0.1) is 6.10 Å². The van der Waals surface area contributed by atoms with Gasteiger partial charge < -0.3 is 14.9 Å². The Kier molecular flexibility index (Phi) is 4.45. The summed E-state index contributed by atoms with van der Waals surface area (Å²) in [6.07, 6.45) is 4.97. The highest BCUT2D eigenvalue weighted by Gasteiger charge is 2.29. The lowest BCUT2D eigenvalue weighted by Gasteiger charge is -2.41. The number of aliphatic hydroxyl groups is 1. The van der Waals surface area contributed by atoms with Crippen molar-refractivity contribution in [3.63, 3.8) is 0 Å². The van der Waals surface area contributed by atoms with E-state index < -0.39 is 0 Å². The minimum atomic E-state index is -0.127. The second kappa shape index (κ2) is 6.48. The number of aromatic nitrogens is 4. The third kappa shape index (κ3) is 3.56. The van der Waals surface area contributed by atoms with Gasteiger partial charge >= 0.3 is 0 Å². The number of amides is 1. The predicted octanol–water partition coefficient (Wildman–Crippen LogP) is -0.879. The lowest BCUT2D eigenvalue weighted by molar-refractivity contribution is -0.134. The molecule has 0 radical (unpaired) electrons. The van der Waals surface area contributed by atoms with Gasteiger partial charge in [-0.25, -0.2) is 0 Å². The molecule has 0 bridgehead atoms. The molecule has 0 unspecified atom stereocenters. The molecular weight excluding hydrogens is 272 g/mol. The van der Waals surface area contributed by atoms with Gasteiger partial charge in [0.1, 0.15) is 6.54 Å². The molecule has 8 nitrogen and oxygen atoms in total. The standard InChI is InChI=1S/C13H22N6O2/c20-12-3-7-17(8-4-12)11-1-5-18(6-2-11)13(21)9-19-15-10-14-16-19/h10-12,20H,1-9H2. The van der Waals surface area contributed by atoms with Gasteiger partial charge in [0, 0.05) is 32.2 Å². The van der Waals surface area contributed by atoms with Gasteiger partial charge in [-0.2, -0.15) is 4.80 Å². The number of tetrazole rings is 1. The molecule has 2 aliphatic rings. The highest BCUT2D eigenvalue weighted by Crippen LogP contribution is 2.21. The molecular formula is C13H22N6O2. The highest BCUT2D eigenvalue weighted by atomic mass is 16.3. The summed E-state index contributed by atoms with van der Waals surface area (Å²) >= 11 is 0. The number of aliphatic hydroxyl groups excluding tert-OH is 1. The third-order valence-corrected chi connectivity index (χ3v) is 4.50. The lowest BCUT2D eigenvalue weighted by atomic mass is 9.99. The maximum Gasteiger partial charge on any atom is 0.246 e. The highest BCUT2D eigenvalue weighted by molar-refractivity contribution is 5.75. The van der Waals surface area contributed by atoms with E-state index in [1.54, 1.807) is 0 Å². The van der Waals surface area contributed by atoms with Crippen LogP contribution in [0.25, 0.3) is 0 Å². The normalized spacial score (nSPS) is 22.6. The van der Waals surface area contributed by atoms with Gasteiger partial charge in [-0.3, -0.25) is 4.79 Å². The van der Waals surface area contributed by atoms with Crippen molar-refractivity contribution < 1.29 is 9.90 Å². The molecule has 2 aliphatic heterocycles. The molecule has 1 amide bonds. The molecule has 3 heterocycles. The Labute approximate surface area is 123 Å². The average molecular weight is 294 g/mol. The van der Waals surface area contributed by atoms with E-state index in [0.717, 1.165) is 51.9 Å². The first kappa shape index (κ1) is 14.4. The van der Waals surface area contributed by atoms with Crippen LogP contribution in [0.2, 0.25) is 0 Å². The summed E-state index contributed by atoms with van der Waals surface area (Å²) in [5.74, 6) is 0.0560. The summed E-state index contributed by atoms with van der Waals surface area (Å²) in [5, 5.41) is 20.8. The van der Waals surface area contributed by atoms with Crippen molar-refractivity contribution in [2.45, 2.75) is 44.4 Å². The zero-order chi connectivity index (χ0) is 14.7. The number of carbonyl (C=O) groups excluding carboxylic acids is 1. The number of nitrogens with zero attached hydrogens (tertiary/aromatic N) is 6. The van der Waals surface area contributed by atoms with Crippen LogP contribution in [0.5, 0.6) is 0 Å². The maximum absolute atomic E-state index is 12.1. The summed E-state index contributed by atoms with van der Waals surface area (Å²) in [6, 6.07) is 0.547. The van der Waals surface area contributed by atoms with E-state index in [1.165, 1.54) is 11.1 Å². The Bertz CT molecular complexity index is 449. The third-order valence-electron chi connectivity index (χ3n) is 4.50. The van der Waals surface area contributed by atoms with Crippen molar-refractivity contribution in [3.05, 3.63) is 6.33 Å². The fourth-order valence-electron chi connectivity index (χ4n) is 3.21. The number of hydrogen-bond donors (Lipinski definition) is 1. The van der Waals surface area contributed by atoms with Crippen LogP contribution in [0.1, 0.15) is 25.7 Å². The maximum atomic E-state index is 12.1. The average Bonchev–Trinajstić information content (AvgIpc) is 3.01. The number of likely N-dealkylation sites (tertiary alicyclic amines) is 2. The monoisotopic (exact) mass is 294 g/mol. The molecule has 2 saturated heterocycles. The second-order valence-electron chi connectivity index (χ2n) is 5.85. The van der Waals surface area contributed by atoms with Gasteiger partial charge in [0.2, 0.25) is 5.91 Å². The SMILES string of the molecule is O=C(Cn1ncnn1)N1CCC(N2CCC(O)CC2)CC1. The van der Waals surface area contributed by atoms with Gasteiger partial charge in [-0.15, -0.1) is 10.2 Å². The zero-order valence-electron chi connectivity index (χ0n) is 12.1. The molecule has 0 atom stereocenters. The summed E-state index contributed by atoms with van der Waals surface area (Å²) < 4.78 is 0. The smallest absolute Gasteiger partial charge is 0.246 e. The van der Waals surface area contributed by atoms with E-state index in [1.807, 2.05) is 4.90 Å². The van der Waals surface area contributed by atoms with Crippen LogP contribution < -0.4 is 0 Å². The van der Waals surface area contributed by atoms with Crippen molar-refractivity contribution >= 4 is 5.91 Å². The first-order chi connectivity index (χ1) is 10.2. The topological polar surface area (TPSA) is 87.4 Å². The Hall–Kier alpha value is -1.54. The zero-order valence-corrected chi connectivity index (χ0v) is 12.1. The molecule has 0 aliphatic carbocycles. The van der Waals surface area contributed by atoms with Crippen LogP contribution in [0.4, 0.5) is 0 Å². The van der Waals surface area contributed by atoms with Crippen LogP contribution in [-0.4, -0.2) is 79.3 Å². The summed E-state index contributed by atoms with van der Waals surface area (Å²) in [4.78, 5) is 17.8. The lowest BCUT2D eigenvalue weighted by Crippen LogP contribution is -2.50. The van der Waals surface area contributed by atoms with Crippen LogP contribution in [0.3, 0.4) is 0 Å². The first-order valence-corrected chi connectivity index (χ1v) is 7.63. The van der Waals surface area contributed by atoms with Crippen molar-refractivity contribution in [2.24, 2.45) is 0 Å². The Morgan fingerprint density at radius 1 is 1.14 bits per heavy atom. The van der Waals surface area contributed by atoms with E-state index in [4.69, 9.17) is 0 Å². The van der Waals surface area contributed by atoms with E-state index in [0.29, 0.717) is 6.04 Å². The van der Waals surface area contributed by atoms with Crippen molar-refractivity contribution in [1.29, 1.82) is 0 Å². The Balaban J connectivity index is 1.45. The second-order valence-corrected chi connectivity index (χ2v) is 5.85. The molecule has 8 heteroatoms. The molecule has 21 heavy (non-hydrogen) atoms. The first-order valence-electron chi connectivity index (χ1n) is 7.63. The molecule has 2 fully saturated rings. The number of carbonyl (C=O) groups is 1. The van der Waals surface area contributed by atoms with E-state index in [9.17, 15) is 9.90 Å². The van der Waals surface area contributed by atoms with Gasteiger partial charge in [-0.1, -0.05) is 0 Å². The van der Waals surface area contributed by atoms with Crippen LogP contribution in [0.15, 0.2) is 6.33 Å². The van der Waals surface area contributed by atoms with E-state index in [2.05, 4.69) is 20.3 Å². The molecule has 0 saturated carbocycles. The summed E-state index contributed by atoms with van der Waals surface area (Å²) in [6.45, 7) is 3.69. The van der Waals surface area contributed by atoms with E-state index >= 15 is 0 Å². The number of rotatable bonds is 3. The van der Waals surface area contributed by atoms with Crippen molar-refractivity contribution in [2.75, 3.05) is 26.2 Å². The summed E-state index contributed by atoms with van der Waals surface area (Å²) in [7, 11) is 0. The van der Waals surface area contributed by atoms with Gasteiger partial charge in [0.25, 0.3) is 0 Å². The Morgan fingerprint density at radius 2 is 1.86 bits per heavy atom. The van der Waals surface area contributed by atoms with E-state index in [-0.39, 0.29) is 18.6 Å². The summed E-state index contributed by atoms with van der Waals surface area (Å²) in [5.41, 5.74) is 0. The minimum Gasteiger partial charge on any atom is -0.393 e. The van der Waals surface area contributed by atoms with Gasteiger partial charge in [-0.05, 0) is 30.9 Å². The molecule has 0 spiro atoms. The van der Waals surface area contributed by atoms with Crippen LogP contribution >= 0.6 is 0 Å². The molecule has 116 valence electrons. The molecule has 1 aromatic heterocycles. The van der Waals surface area contributed by atoms with Crippen molar-refractivity contribution in [1.82, 2.24) is 30.0 Å². The number of hydrogen-bond acceptors (Lipinski definition) is 6. The fourth-order valence-corrected chi connectivity index (χ4v) is 3.21. The van der Waals surface area contributed by atoms with Crippen molar-refractivity contribution in [3.8, 4) is 0 Å². The van der Waals surface area contributed by atoms with Crippen LogP contribution in [-0.2, 0) is 11.3 Å². The minimum absolute atomic E-state index is 0.0560. The van der Waals surface area contributed by atoms with Crippen LogP contribution in [0, 0.1) is 0 Å².